The highest BCUT2D eigenvalue weighted by Crippen LogP contribution is 2.38. The van der Waals surface area contributed by atoms with Crippen molar-refractivity contribution in [2.75, 3.05) is 51.9 Å². The highest BCUT2D eigenvalue weighted by molar-refractivity contribution is 9.10. The lowest BCUT2D eigenvalue weighted by molar-refractivity contribution is 0.0357. The topological polar surface area (TPSA) is 100.0 Å². The Bertz CT molecular complexity index is 1510. The zero-order valence-corrected chi connectivity index (χ0v) is 23.7. The molecule has 0 spiro atoms. The number of carbonyl (C=O) groups excluding carboxylic acids is 1. The van der Waals surface area contributed by atoms with Gasteiger partial charge in [-0.15, -0.1) is 0 Å². The van der Waals surface area contributed by atoms with Gasteiger partial charge in [0.2, 0.25) is 0 Å². The van der Waals surface area contributed by atoms with Crippen LogP contribution in [0.15, 0.2) is 53.3 Å². The number of hydrogen-bond donors (Lipinski definition) is 1. The molecule has 0 unspecified atom stereocenters. The number of hydrogen-bond acceptors (Lipinski definition) is 8. The van der Waals surface area contributed by atoms with Crippen LogP contribution in [-0.2, 0) is 11.8 Å². The van der Waals surface area contributed by atoms with E-state index in [2.05, 4.69) is 36.2 Å². The number of carbonyl (C=O) groups is 1. The molecular formula is C28H29BrFN5O5. The maximum Gasteiger partial charge on any atom is 0.277 e. The zero-order valence-electron chi connectivity index (χ0n) is 22.2. The van der Waals surface area contributed by atoms with Gasteiger partial charge in [0.1, 0.15) is 5.75 Å². The Kier molecular flexibility index (Phi) is 8.78. The van der Waals surface area contributed by atoms with Gasteiger partial charge in [-0.05, 0) is 46.6 Å². The summed E-state index contributed by atoms with van der Waals surface area (Å²) in [6, 6.07) is 9.41. The van der Waals surface area contributed by atoms with Crippen molar-refractivity contribution in [2.45, 2.75) is 6.42 Å². The zero-order chi connectivity index (χ0) is 28.1. The molecule has 3 heterocycles. The van der Waals surface area contributed by atoms with Crippen LogP contribution < -0.4 is 19.5 Å². The quantitative estimate of drug-likeness (QED) is 0.249. The Morgan fingerprint density at radius 3 is 2.67 bits per heavy atom. The Hall–Kier alpha value is -3.74. The number of methoxy groups -OCH3 is 1. The summed E-state index contributed by atoms with van der Waals surface area (Å²) in [7, 11) is 3.27. The number of ether oxygens (including phenoxy) is 4. The summed E-state index contributed by atoms with van der Waals surface area (Å²) < 4.78 is 40.0. The van der Waals surface area contributed by atoms with Crippen LogP contribution in [0, 0.1) is 5.82 Å². The summed E-state index contributed by atoms with van der Waals surface area (Å²) in [5.74, 6) is 0.382. The largest absolute Gasteiger partial charge is 0.493 e. The molecule has 4 aromatic rings. The number of benzene rings is 2. The average molecular weight is 614 g/mol. The molecule has 0 bridgehead atoms. The lowest BCUT2D eigenvalue weighted by atomic mass is 10.1. The van der Waals surface area contributed by atoms with E-state index in [1.54, 1.807) is 50.8 Å². The smallest absolute Gasteiger partial charge is 0.277 e. The second-order valence-electron chi connectivity index (χ2n) is 9.19. The third kappa shape index (κ3) is 6.52. The number of morpholine rings is 1. The fraction of sp³-hybridized carbons (Fsp3) is 0.321. The Morgan fingerprint density at radius 1 is 1.12 bits per heavy atom. The fourth-order valence-corrected chi connectivity index (χ4v) is 4.92. The minimum atomic E-state index is -0.643. The lowest BCUT2D eigenvalue weighted by Crippen LogP contribution is -2.37. The van der Waals surface area contributed by atoms with Gasteiger partial charge in [0.25, 0.3) is 5.91 Å². The summed E-state index contributed by atoms with van der Waals surface area (Å²) in [5, 5.41) is 7.38. The van der Waals surface area contributed by atoms with E-state index in [0.29, 0.717) is 39.2 Å². The molecular weight excluding hydrogens is 585 g/mol. The van der Waals surface area contributed by atoms with Gasteiger partial charge in [-0.1, -0.05) is 0 Å². The number of pyridine rings is 1. The molecule has 1 N–H and O–H groups in total. The molecule has 0 saturated carbocycles. The summed E-state index contributed by atoms with van der Waals surface area (Å²) in [6.45, 7) is 4.87. The van der Waals surface area contributed by atoms with Crippen molar-refractivity contribution in [1.82, 2.24) is 19.7 Å². The maximum atomic E-state index is 15.0. The van der Waals surface area contributed by atoms with Gasteiger partial charge in [-0.25, -0.2) is 4.39 Å². The predicted octanol–water partition coefficient (Wildman–Crippen LogP) is 5.02. The number of nitrogens with one attached hydrogen (secondary N) is 1. The van der Waals surface area contributed by atoms with Gasteiger partial charge >= 0.3 is 0 Å². The standard InChI is InChI=1S/C28H29BrFN5O5/c1-34-17-20(29)27(33-34)28(36)32-18-4-5-24(21(30)14-18)40-23-6-7-31-22-16-26(25(37-2)15-19(22)23)39-11-3-8-35-9-12-38-13-10-35/h4-7,14-17H,3,8-13H2,1-2H3,(H,32,36). The number of anilines is 1. The number of aromatic nitrogens is 3. The summed E-state index contributed by atoms with van der Waals surface area (Å²) in [6.07, 6.45) is 4.11. The lowest BCUT2D eigenvalue weighted by Gasteiger charge is -2.26. The van der Waals surface area contributed by atoms with Crippen LogP contribution in [0.2, 0.25) is 0 Å². The van der Waals surface area contributed by atoms with Crippen LogP contribution >= 0.6 is 15.9 Å². The van der Waals surface area contributed by atoms with Crippen LogP contribution in [0.3, 0.4) is 0 Å². The van der Waals surface area contributed by atoms with Crippen molar-refractivity contribution in [2.24, 2.45) is 7.05 Å². The van der Waals surface area contributed by atoms with E-state index < -0.39 is 11.7 Å². The maximum absolute atomic E-state index is 15.0. The van der Waals surface area contributed by atoms with Gasteiger partial charge in [0.05, 0.1) is 36.9 Å². The van der Waals surface area contributed by atoms with Gasteiger partial charge in [0, 0.05) is 62.3 Å². The normalized spacial score (nSPS) is 13.8. The van der Waals surface area contributed by atoms with Crippen LogP contribution in [0.25, 0.3) is 10.9 Å². The molecule has 0 atom stereocenters. The number of rotatable bonds is 10. The SMILES string of the molecule is COc1cc2c(Oc3ccc(NC(=O)c4nn(C)cc4Br)cc3F)ccnc2cc1OCCCN1CCOCC1. The van der Waals surface area contributed by atoms with Gasteiger partial charge in [-0.2, -0.15) is 5.10 Å². The van der Waals surface area contributed by atoms with E-state index in [1.807, 2.05) is 0 Å². The van der Waals surface area contributed by atoms with Crippen molar-refractivity contribution in [3.05, 3.63) is 64.8 Å². The first kappa shape index (κ1) is 27.8. The second kappa shape index (κ2) is 12.6. The first-order chi connectivity index (χ1) is 19.4. The number of halogens is 2. The third-order valence-corrected chi connectivity index (χ3v) is 6.96. The van der Waals surface area contributed by atoms with Gasteiger partial charge < -0.3 is 24.3 Å². The summed E-state index contributed by atoms with van der Waals surface area (Å²) in [5.41, 5.74) is 1.08. The molecule has 0 aliphatic carbocycles. The van der Waals surface area contributed by atoms with E-state index in [-0.39, 0.29) is 17.1 Å². The van der Waals surface area contributed by atoms with E-state index in [9.17, 15) is 4.79 Å². The minimum Gasteiger partial charge on any atom is -0.493 e. The number of fused-ring (bicyclic) bond motifs is 1. The summed E-state index contributed by atoms with van der Waals surface area (Å²) >= 11 is 3.29. The molecule has 0 radical (unpaired) electrons. The van der Waals surface area contributed by atoms with Crippen molar-refractivity contribution in [1.29, 1.82) is 0 Å². The molecule has 1 saturated heterocycles. The van der Waals surface area contributed by atoms with E-state index in [0.717, 1.165) is 39.3 Å². The minimum absolute atomic E-state index is 0.00748. The van der Waals surface area contributed by atoms with E-state index in [1.165, 1.54) is 16.8 Å². The van der Waals surface area contributed by atoms with Crippen molar-refractivity contribution < 1.29 is 28.1 Å². The number of aryl methyl sites for hydroxylation is 1. The molecule has 40 heavy (non-hydrogen) atoms. The van der Waals surface area contributed by atoms with Crippen molar-refractivity contribution in [3.63, 3.8) is 0 Å². The molecule has 10 nitrogen and oxygen atoms in total. The molecule has 5 rings (SSSR count). The van der Waals surface area contributed by atoms with E-state index >= 15 is 4.39 Å². The Morgan fingerprint density at radius 2 is 1.95 bits per heavy atom. The fourth-order valence-electron chi connectivity index (χ4n) is 4.37. The van der Waals surface area contributed by atoms with Crippen LogP contribution in [-0.4, -0.2) is 72.1 Å². The average Bonchev–Trinajstić information content (AvgIpc) is 3.30. The van der Waals surface area contributed by atoms with Crippen molar-refractivity contribution >= 4 is 38.4 Å². The Balaban J connectivity index is 1.28. The molecule has 2 aromatic heterocycles. The first-order valence-electron chi connectivity index (χ1n) is 12.8. The van der Waals surface area contributed by atoms with E-state index in [4.69, 9.17) is 18.9 Å². The molecule has 1 amide bonds. The molecule has 1 fully saturated rings. The molecule has 1 aliphatic heterocycles. The molecule has 1 aliphatic rings. The molecule has 12 heteroatoms. The second-order valence-corrected chi connectivity index (χ2v) is 10.0. The number of nitrogens with zero attached hydrogens (tertiary/aromatic N) is 4. The molecule has 210 valence electrons. The van der Waals surface area contributed by atoms with Gasteiger partial charge in [0.15, 0.2) is 28.8 Å². The first-order valence-corrected chi connectivity index (χ1v) is 13.6. The van der Waals surface area contributed by atoms with Crippen LogP contribution in [0.5, 0.6) is 23.0 Å². The highest BCUT2D eigenvalue weighted by atomic mass is 79.9. The van der Waals surface area contributed by atoms with Gasteiger partial charge in [-0.3, -0.25) is 19.4 Å². The van der Waals surface area contributed by atoms with Crippen LogP contribution in [0.1, 0.15) is 16.9 Å². The highest BCUT2D eigenvalue weighted by Gasteiger charge is 2.17. The number of amides is 1. The third-order valence-electron chi connectivity index (χ3n) is 6.38. The summed E-state index contributed by atoms with van der Waals surface area (Å²) in [4.78, 5) is 19.3. The van der Waals surface area contributed by atoms with Crippen LogP contribution in [0.4, 0.5) is 10.1 Å². The van der Waals surface area contributed by atoms with Crippen molar-refractivity contribution in [3.8, 4) is 23.0 Å². The predicted molar refractivity (Wildman–Crippen MR) is 151 cm³/mol. The monoisotopic (exact) mass is 613 g/mol. The molecule has 2 aromatic carbocycles. The Labute approximate surface area is 239 Å².